The van der Waals surface area contributed by atoms with E-state index in [0.717, 1.165) is 26.5 Å². The molecule has 0 aliphatic carbocycles. The van der Waals surface area contributed by atoms with Crippen LogP contribution >= 0.6 is 38.9 Å². The van der Waals surface area contributed by atoms with E-state index in [-0.39, 0.29) is 0 Å². The van der Waals surface area contributed by atoms with Crippen LogP contribution in [0.3, 0.4) is 0 Å². The normalized spacial score (nSPS) is 10.8. The van der Waals surface area contributed by atoms with Gasteiger partial charge in [-0.3, -0.25) is 4.79 Å². The van der Waals surface area contributed by atoms with Gasteiger partial charge in [-0.1, -0.05) is 39.7 Å². The maximum absolute atomic E-state index is 12.5. The highest BCUT2D eigenvalue weighted by Crippen LogP contribution is 2.28. The van der Waals surface area contributed by atoms with Crippen molar-refractivity contribution in [3.63, 3.8) is 0 Å². The Hall–Kier alpha value is -3.73. The molecule has 0 saturated carbocycles. The molecule has 11 heteroatoms. The molecule has 0 bridgehead atoms. The largest absolute Gasteiger partial charge is 0.481 e. The summed E-state index contributed by atoms with van der Waals surface area (Å²) in [5.74, 6) is -1.16. The van der Waals surface area contributed by atoms with E-state index in [2.05, 4.69) is 36.8 Å². The Morgan fingerprint density at radius 1 is 1.11 bits per heavy atom. The second-order valence-corrected chi connectivity index (χ2v) is 9.52. The number of hydrogen-bond acceptors (Lipinski definition) is 7. The van der Waals surface area contributed by atoms with Crippen LogP contribution in [0.15, 0.2) is 81.7 Å². The van der Waals surface area contributed by atoms with Gasteiger partial charge in [-0.05, 0) is 54.6 Å². The van der Waals surface area contributed by atoms with E-state index in [1.165, 1.54) is 17.6 Å². The van der Waals surface area contributed by atoms with Crippen LogP contribution in [0.4, 0.5) is 10.8 Å². The van der Waals surface area contributed by atoms with Crippen LogP contribution in [0, 0.1) is 0 Å². The number of anilines is 2. The molecule has 0 spiro atoms. The van der Waals surface area contributed by atoms with Crippen LogP contribution in [0.1, 0.15) is 15.9 Å². The Bertz CT molecular complexity index is 1410. The van der Waals surface area contributed by atoms with Gasteiger partial charge < -0.3 is 15.2 Å². The molecule has 4 aromatic rings. The number of aromatic nitrogens is 1. The molecular weight excluding hydrogens is 568 g/mol. The molecule has 0 unspecified atom stereocenters. The fraction of sp³-hybridized carbons (Fsp3) is 0.0400. The molecule has 1 amide bonds. The van der Waals surface area contributed by atoms with E-state index in [1.807, 2.05) is 29.6 Å². The summed E-state index contributed by atoms with van der Waals surface area (Å²) < 4.78 is 6.00. The van der Waals surface area contributed by atoms with Crippen LogP contribution < -0.4 is 15.5 Å². The Kier molecular flexibility index (Phi) is 8.32. The van der Waals surface area contributed by atoms with Gasteiger partial charge in [-0.25, -0.2) is 15.2 Å². The molecule has 0 aliphatic heterocycles. The minimum absolute atomic E-state index is 0.330. The number of hydrazone groups is 1. The molecule has 4 rings (SSSR count). The van der Waals surface area contributed by atoms with Crippen molar-refractivity contribution >= 4 is 67.8 Å². The SMILES string of the molecule is O=C(O)COc1ccc(Br)cc1/C=N/NC(=O)c1ccc(-c2csc(Nc3ccc(Cl)cc3)n2)cc1. The van der Waals surface area contributed by atoms with E-state index in [9.17, 15) is 9.59 Å². The number of rotatable bonds is 9. The number of benzene rings is 3. The maximum atomic E-state index is 12.5. The summed E-state index contributed by atoms with van der Waals surface area (Å²) >= 11 is 10.7. The highest BCUT2D eigenvalue weighted by atomic mass is 79.9. The zero-order valence-corrected chi connectivity index (χ0v) is 21.6. The van der Waals surface area contributed by atoms with Crippen LogP contribution in [0.25, 0.3) is 11.3 Å². The third kappa shape index (κ3) is 6.91. The highest BCUT2D eigenvalue weighted by molar-refractivity contribution is 9.10. The minimum atomic E-state index is -1.09. The number of aliphatic carboxylic acids is 1. The van der Waals surface area contributed by atoms with Crippen molar-refractivity contribution in [3.05, 3.63) is 92.7 Å². The van der Waals surface area contributed by atoms with Crippen LogP contribution in [0.5, 0.6) is 5.75 Å². The standard InChI is InChI=1S/C25H18BrClN4O4S/c26-18-5-10-22(35-13-23(32)33)17(11-18)12-28-31-24(34)16-3-1-15(2-4-16)21-14-36-25(30-21)29-20-8-6-19(27)7-9-20/h1-12,14H,13H2,(H,29,30)(H,31,34)(H,32,33)/b28-12+. The topological polar surface area (TPSA) is 113 Å². The van der Waals surface area contributed by atoms with Crippen molar-refractivity contribution in [1.82, 2.24) is 10.4 Å². The Balaban J connectivity index is 1.38. The highest BCUT2D eigenvalue weighted by Gasteiger charge is 2.09. The second-order valence-electron chi connectivity index (χ2n) is 7.31. The average Bonchev–Trinajstić information content (AvgIpc) is 3.33. The smallest absolute Gasteiger partial charge is 0.341 e. The molecule has 0 saturated heterocycles. The van der Waals surface area contributed by atoms with Gasteiger partial charge in [0.05, 0.1) is 11.9 Å². The summed E-state index contributed by atoms with van der Waals surface area (Å²) in [6.45, 7) is -0.487. The number of halogens is 2. The zero-order valence-electron chi connectivity index (χ0n) is 18.4. The molecule has 0 radical (unpaired) electrons. The molecule has 8 nitrogen and oxygen atoms in total. The molecular formula is C25H18BrClN4O4S. The van der Waals surface area contributed by atoms with Crippen molar-refractivity contribution < 1.29 is 19.4 Å². The first-order chi connectivity index (χ1) is 17.4. The average molecular weight is 586 g/mol. The lowest BCUT2D eigenvalue weighted by molar-refractivity contribution is -0.139. The molecule has 36 heavy (non-hydrogen) atoms. The van der Waals surface area contributed by atoms with Gasteiger partial charge >= 0.3 is 5.97 Å². The lowest BCUT2D eigenvalue weighted by Gasteiger charge is -2.07. The lowest BCUT2D eigenvalue weighted by atomic mass is 10.1. The van der Waals surface area contributed by atoms with Gasteiger partial charge in [0.15, 0.2) is 11.7 Å². The summed E-state index contributed by atoms with van der Waals surface area (Å²) in [7, 11) is 0. The lowest BCUT2D eigenvalue weighted by Crippen LogP contribution is -2.17. The summed E-state index contributed by atoms with van der Waals surface area (Å²) in [6, 6.07) is 19.4. The van der Waals surface area contributed by atoms with Crippen molar-refractivity contribution in [2.75, 3.05) is 11.9 Å². The third-order valence-electron chi connectivity index (χ3n) is 4.74. The minimum Gasteiger partial charge on any atom is -0.481 e. The number of carboxylic acid groups (broad SMARTS) is 1. The van der Waals surface area contributed by atoms with E-state index in [1.54, 1.807) is 42.5 Å². The number of ether oxygens (including phenoxy) is 1. The van der Waals surface area contributed by atoms with E-state index in [4.69, 9.17) is 21.4 Å². The molecule has 0 atom stereocenters. The Morgan fingerprint density at radius 3 is 2.58 bits per heavy atom. The predicted molar refractivity (Wildman–Crippen MR) is 145 cm³/mol. The van der Waals surface area contributed by atoms with Gasteiger partial charge in [0, 0.05) is 37.3 Å². The summed E-state index contributed by atoms with van der Waals surface area (Å²) in [4.78, 5) is 27.9. The van der Waals surface area contributed by atoms with Gasteiger partial charge in [0.25, 0.3) is 5.91 Å². The second kappa shape index (κ2) is 11.8. The van der Waals surface area contributed by atoms with Gasteiger partial charge in [0.1, 0.15) is 5.75 Å². The van der Waals surface area contributed by atoms with Crippen LogP contribution in [0.2, 0.25) is 5.02 Å². The summed E-state index contributed by atoms with van der Waals surface area (Å²) in [5.41, 5.74) is 5.92. The summed E-state index contributed by atoms with van der Waals surface area (Å²) in [5, 5.41) is 19.4. The number of thiazole rings is 1. The van der Waals surface area contributed by atoms with Gasteiger partial charge in [-0.15, -0.1) is 11.3 Å². The molecule has 0 aliphatic rings. The number of hydrogen-bond donors (Lipinski definition) is 3. The predicted octanol–water partition coefficient (Wildman–Crippen LogP) is 6.20. The van der Waals surface area contributed by atoms with Crippen molar-refractivity contribution in [3.8, 4) is 17.0 Å². The molecule has 3 N–H and O–H groups in total. The summed E-state index contributed by atoms with van der Waals surface area (Å²) in [6.07, 6.45) is 1.39. The number of nitrogens with zero attached hydrogens (tertiary/aromatic N) is 2. The van der Waals surface area contributed by atoms with Crippen molar-refractivity contribution in [1.29, 1.82) is 0 Å². The maximum Gasteiger partial charge on any atom is 0.341 e. The molecule has 1 heterocycles. The van der Waals surface area contributed by atoms with Crippen LogP contribution in [-0.2, 0) is 4.79 Å². The monoisotopic (exact) mass is 584 g/mol. The Labute approximate surface area is 223 Å². The first-order valence-electron chi connectivity index (χ1n) is 10.4. The Morgan fingerprint density at radius 2 is 1.86 bits per heavy atom. The molecule has 3 aromatic carbocycles. The quantitative estimate of drug-likeness (QED) is 0.159. The fourth-order valence-electron chi connectivity index (χ4n) is 3.03. The van der Waals surface area contributed by atoms with E-state index < -0.39 is 18.5 Å². The zero-order chi connectivity index (χ0) is 25.5. The first kappa shape index (κ1) is 25.4. The van der Waals surface area contributed by atoms with Crippen LogP contribution in [-0.4, -0.2) is 34.8 Å². The number of carbonyl (C=O) groups is 2. The van der Waals surface area contributed by atoms with Gasteiger partial charge in [-0.2, -0.15) is 5.10 Å². The third-order valence-corrected chi connectivity index (χ3v) is 6.24. The molecule has 182 valence electrons. The number of carbonyl (C=O) groups excluding carboxylic acids is 1. The van der Waals surface area contributed by atoms with Gasteiger partial charge in [0.2, 0.25) is 0 Å². The number of nitrogens with one attached hydrogen (secondary N) is 2. The first-order valence-corrected chi connectivity index (χ1v) is 12.5. The van der Waals surface area contributed by atoms with Crippen molar-refractivity contribution in [2.24, 2.45) is 5.10 Å². The number of amides is 1. The number of carboxylic acids is 1. The fourth-order valence-corrected chi connectivity index (χ4v) is 4.27. The molecule has 0 fully saturated rings. The van der Waals surface area contributed by atoms with E-state index in [0.29, 0.717) is 21.9 Å². The van der Waals surface area contributed by atoms with Crippen molar-refractivity contribution in [2.45, 2.75) is 0 Å². The van der Waals surface area contributed by atoms with E-state index >= 15 is 0 Å². The molecule has 1 aromatic heterocycles.